The van der Waals surface area contributed by atoms with Gasteiger partial charge in [0.25, 0.3) is 0 Å². The van der Waals surface area contributed by atoms with Gasteiger partial charge in [0.2, 0.25) is 0 Å². The molecular formula is C15H14ClF2NO. The molecule has 0 heterocycles. The van der Waals surface area contributed by atoms with Crippen LogP contribution in [0.15, 0.2) is 36.4 Å². The minimum absolute atomic E-state index is 0.0924. The molecule has 0 fully saturated rings. The minimum Gasteiger partial charge on any atom is -0.485 e. The lowest BCUT2D eigenvalue weighted by molar-refractivity contribution is 0.281. The number of rotatable bonds is 5. The summed E-state index contributed by atoms with van der Waals surface area (Å²) < 4.78 is 32.8. The summed E-state index contributed by atoms with van der Waals surface area (Å²) in [6.07, 6.45) is 0.491. The Bertz CT molecular complexity index is 604. The quantitative estimate of drug-likeness (QED) is 0.913. The van der Waals surface area contributed by atoms with Gasteiger partial charge in [0.15, 0.2) is 11.6 Å². The third-order valence-electron chi connectivity index (χ3n) is 2.84. The van der Waals surface area contributed by atoms with Crippen molar-refractivity contribution >= 4 is 11.6 Å². The molecule has 0 aromatic heterocycles. The number of para-hydroxylation sites is 1. The Balaban J connectivity index is 2.20. The summed E-state index contributed by atoms with van der Waals surface area (Å²) in [5, 5.41) is 0.403. The normalized spacial score (nSPS) is 10.6. The van der Waals surface area contributed by atoms with Crippen molar-refractivity contribution in [1.82, 2.24) is 0 Å². The molecule has 0 saturated heterocycles. The maximum Gasteiger partial charge on any atom is 0.165 e. The monoisotopic (exact) mass is 297 g/mol. The van der Waals surface area contributed by atoms with Gasteiger partial charge in [-0.05, 0) is 42.8 Å². The highest BCUT2D eigenvalue weighted by Gasteiger charge is 2.11. The van der Waals surface area contributed by atoms with Gasteiger partial charge in [-0.1, -0.05) is 23.7 Å². The first-order valence-corrected chi connectivity index (χ1v) is 6.54. The number of benzene rings is 2. The van der Waals surface area contributed by atoms with Crippen LogP contribution in [0.5, 0.6) is 5.75 Å². The molecule has 0 aliphatic carbocycles. The Morgan fingerprint density at radius 1 is 1.05 bits per heavy atom. The molecule has 2 aromatic carbocycles. The smallest absolute Gasteiger partial charge is 0.165 e. The van der Waals surface area contributed by atoms with Crippen molar-refractivity contribution in [2.75, 3.05) is 6.54 Å². The molecule has 2 aromatic rings. The van der Waals surface area contributed by atoms with Crippen LogP contribution >= 0.6 is 11.6 Å². The van der Waals surface area contributed by atoms with Crippen molar-refractivity contribution in [1.29, 1.82) is 0 Å². The Labute approximate surface area is 121 Å². The lowest BCUT2D eigenvalue weighted by Gasteiger charge is -2.12. The number of halogens is 3. The molecule has 0 aliphatic heterocycles. The van der Waals surface area contributed by atoms with Crippen LogP contribution in [0.3, 0.4) is 0 Å². The van der Waals surface area contributed by atoms with E-state index in [0.717, 1.165) is 0 Å². The highest BCUT2D eigenvalue weighted by molar-refractivity contribution is 6.30. The third kappa shape index (κ3) is 3.46. The van der Waals surface area contributed by atoms with Crippen LogP contribution in [0.1, 0.15) is 11.1 Å². The molecule has 0 spiro atoms. The van der Waals surface area contributed by atoms with Gasteiger partial charge in [0.1, 0.15) is 12.4 Å². The van der Waals surface area contributed by atoms with Crippen LogP contribution in [0.2, 0.25) is 5.02 Å². The Morgan fingerprint density at radius 3 is 2.60 bits per heavy atom. The van der Waals surface area contributed by atoms with Gasteiger partial charge in [-0.15, -0.1) is 0 Å². The first kappa shape index (κ1) is 14.8. The van der Waals surface area contributed by atoms with Crippen LogP contribution in [0, 0.1) is 11.6 Å². The molecule has 106 valence electrons. The Hall–Kier alpha value is -1.65. The summed E-state index contributed by atoms with van der Waals surface area (Å²) >= 11 is 5.80. The van der Waals surface area contributed by atoms with Gasteiger partial charge in [-0.2, -0.15) is 0 Å². The standard InChI is InChI=1S/C15H14ClF2NO/c16-12-4-5-13(17)11(8-12)9-20-15-10(6-7-19)2-1-3-14(15)18/h1-5,8H,6-7,9,19H2. The maximum absolute atomic E-state index is 13.8. The SMILES string of the molecule is NCCc1cccc(F)c1OCc1cc(Cl)ccc1F. The lowest BCUT2D eigenvalue weighted by Crippen LogP contribution is -2.07. The summed E-state index contributed by atoms with van der Waals surface area (Å²) in [5.41, 5.74) is 6.41. The molecule has 0 radical (unpaired) electrons. The van der Waals surface area contributed by atoms with E-state index in [9.17, 15) is 8.78 Å². The molecule has 2 N–H and O–H groups in total. The highest BCUT2D eigenvalue weighted by atomic mass is 35.5. The molecule has 2 rings (SSSR count). The predicted molar refractivity (Wildman–Crippen MR) is 74.9 cm³/mol. The van der Waals surface area contributed by atoms with Gasteiger partial charge in [-0.3, -0.25) is 0 Å². The van der Waals surface area contributed by atoms with Crippen LogP contribution in [0.4, 0.5) is 8.78 Å². The average Bonchev–Trinajstić information content (AvgIpc) is 2.42. The zero-order valence-corrected chi connectivity index (χ0v) is 11.5. The second kappa shape index (κ2) is 6.68. The van der Waals surface area contributed by atoms with Crippen molar-refractivity contribution < 1.29 is 13.5 Å². The van der Waals surface area contributed by atoms with Crippen molar-refractivity contribution in [2.24, 2.45) is 5.73 Å². The van der Waals surface area contributed by atoms with Crippen LogP contribution in [0.25, 0.3) is 0 Å². The zero-order chi connectivity index (χ0) is 14.5. The summed E-state index contributed by atoms with van der Waals surface area (Å²) in [4.78, 5) is 0. The van der Waals surface area contributed by atoms with E-state index in [-0.39, 0.29) is 17.9 Å². The molecule has 20 heavy (non-hydrogen) atoms. The predicted octanol–water partition coefficient (Wildman–Crippen LogP) is 3.70. The molecule has 0 atom stereocenters. The molecule has 0 bridgehead atoms. The van der Waals surface area contributed by atoms with Crippen molar-refractivity contribution in [2.45, 2.75) is 13.0 Å². The maximum atomic E-state index is 13.8. The van der Waals surface area contributed by atoms with Gasteiger partial charge in [0.05, 0.1) is 0 Å². The summed E-state index contributed by atoms with van der Waals surface area (Å²) in [7, 11) is 0. The largest absolute Gasteiger partial charge is 0.485 e. The van der Waals surface area contributed by atoms with E-state index in [1.54, 1.807) is 12.1 Å². The molecule has 0 saturated carbocycles. The van der Waals surface area contributed by atoms with E-state index >= 15 is 0 Å². The van der Waals surface area contributed by atoms with Gasteiger partial charge < -0.3 is 10.5 Å². The second-order valence-corrected chi connectivity index (χ2v) is 4.73. The fourth-order valence-electron chi connectivity index (χ4n) is 1.87. The number of hydrogen-bond donors (Lipinski definition) is 1. The van der Waals surface area contributed by atoms with E-state index in [1.807, 2.05) is 0 Å². The zero-order valence-electron chi connectivity index (χ0n) is 10.7. The topological polar surface area (TPSA) is 35.2 Å². The van der Waals surface area contributed by atoms with Crippen molar-refractivity contribution in [3.63, 3.8) is 0 Å². The van der Waals surface area contributed by atoms with E-state index < -0.39 is 11.6 Å². The number of nitrogens with two attached hydrogens (primary N) is 1. The molecule has 0 unspecified atom stereocenters. The van der Waals surface area contributed by atoms with Gasteiger partial charge in [-0.25, -0.2) is 8.78 Å². The Morgan fingerprint density at radius 2 is 1.85 bits per heavy atom. The van der Waals surface area contributed by atoms with Crippen LogP contribution in [-0.2, 0) is 13.0 Å². The number of hydrogen-bond acceptors (Lipinski definition) is 2. The van der Waals surface area contributed by atoms with E-state index in [1.165, 1.54) is 24.3 Å². The van der Waals surface area contributed by atoms with Crippen LogP contribution < -0.4 is 10.5 Å². The second-order valence-electron chi connectivity index (χ2n) is 4.29. The van der Waals surface area contributed by atoms with E-state index in [2.05, 4.69) is 0 Å². The highest BCUT2D eigenvalue weighted by Crippen LogP contribution is 2.25. The molecule has 5 heteroatoms. The van der Waals surface area contributed by atoms with E-state index in [4.69, 9.17) is 22.1 Å². The summed E-state index contributed by atoms with van der Waals surface area (Å²) in [6, 6.07) is 8.78. The van der Waals surface area contributed by atoms with Crippen molar-refractivity contribution in [3.05, 3.63) is 64.2 Å². The fraction of sp³-hybridized carbons (Fsp3) is 0.200. The first-order valence-electron chi connectivity index (χ1n) is 6.16. The number of ether oxygens (including phenoxy) is 1. The molecule has 2 nitrogen and oxygen atoms in total. The van der Waals surface area contributed by atoms with Crippen LogP contribution in [-0.4, -0.2) is 6.54 Å². The lowest BCUT2D eigenvalue weighted by atomic mass is 10.1. The molecule has 0 amide bonds. The van der Waals surface area contributed by atoms with Gasteiger partial charge in [0, 0.05) is 10.6 Å². The molecule has 0 aliphatic rings. The molecular weight excluding hydrogens is 284 g/mol. The Kier molecular flexibility index (Phi) is 4.93. The summed E-state index contributed by atoms with van der Waals surface area (Å²) in [5.74, 6) is -0.818. The average molecular weight is 298 g/mol. The minimum atomic E-state index is -0.488. The fourth-order valence-corrected chi connectivity index (χ4v) is 2.07. The van der Waals surface area contributed by atoms with Gasteiger partial charge >= 0.3 is 0 Å². The first-order chi connectivity index (χ1) is 9.61. The van der Waals surface area contributed by atoms with E-state index in [0.29, 0.717) is 23.6 Å². The van der Waals surface area contributed by atoms with Crippen molar-refractivity contribution in [3.8, 4) is 5.75 Å². The summed E-state index contributed by atoms with van der Waals surface area (Å²) in [6.45, 7) is 0.288. The third-order valence-corrected chi connectivity index (χ3v) is 3.08.